The van der Waals surface area contributed by atoms with Crippen molar-refractivity contribution in [2.75, 3.05) is 19.3 Å². The van der Waals surface area contributed by atoms with Crippen molar-refractivity contribution in [1.82, 2.24) is 29.6 Å². The fourth-order valence-corrected chi connectivity index (χ4v) is 2.81. The van der Waals surface area contributed by atoms with Crippen molar-refractivity contribution < 1.29 is 0 Å². The van der Waals surface area contributed by atoms with Gasteiger partial charge in [0.2, 0.25) is 0 Å². The van der Waals surface area contributed by atoms with E-state index in [1.54, 1.807) is 10.9 Å². The minimum absolute atomic E-state index is 0.466. The molecule has 0 aliphatic heterocycles. The first-order chi connectivity index (χ1) is 11.7. The van der Waals surface area contributed by atoms with E-state index in [9.17, 15) is 0 Å². The summed E-state index contributed by atoms with van der Waals surface area (Å²) in [7, 11) is 2.06. The predicted octanol–water partition coefficient (Wildman–Crippen LogP) is 2.33. The van der Waals surface area contributed by atoms with E-state index in [1.165, 1.54) is 0 Å². The summed E-state index contributed by atoms with van der Waals surface area (Å²) in [5.74, 6) is 1.36. The second-order valence-corrected chi connectivity index (χ2v) is 5.89. The Balaban J connectivity index is 1.87. The van der Waals surface area contributed by atoms with E-state index in [-0.39, 0.29) is 0 Å². The van der Waals surface area contributed by atoms with Crippen LogP contribution in [0, 0.1) is 0 Å². The first-order valence-corrected chi connectivity index (χ1v) is 7.92. The molecule has 0 saturated carbocycles. The van der Waals surface area contributed by atoms with Crippen molar-refractivity contribution in [1.29, 1.82) is 0 Å². The van der Waals surface area contributed by atoms with E-state index in [2.05, 4.69) is 33.9 Å². The van der Waals surface area contributed by atoms with Gasteiger partial charge in [-0.3, -0.25) is 4.90 Å². The second-order valence-electron chi connectivity index (χ2n) is 5.89. The van der Waals surface area contributed by atoms with E-state index >= 15 is 0 Å². The number of fused-ring (bicyclic) bond motifs is 3. The van der Waals surface area contributed by atoms with Gasteiger partial charge >= 0.3 is 0 Å². The van der Waals surface area contributed by atoms with Crippen LogP contribution in [0.2, 0.25) is 0 Å². The second kappa shape index (κ2) is 5.61. The van der Waals surface area contributed by atoms with E-state index in [1.807, 2.05) is 30.5 Å². The molecule has 122 valence electrons. The van der Waals surface area contributed by atoms with Crippen molar-refractivity contribution in [2.24, 2.45) is 0 Å². The van der Waals surface area contributed by atoms with E-state index in [0.29, 0.717) is 5.82 Å². The number of imidazole rings is 1. The number of benzene rings is 1. The normalized spacial score (nSPS) is 11.8. The Hall–Kier alpha value is -2.93. The van der Waals surface area contributed by atoms with E-state index < -0.39 is 0 Å². The summed E-state index contributed by atoms with van der Waals surface area (Å²) in [6.07, 6.45) is 3.65. The van der Waals surface area contributed by atoms with Gasteiger partial charge in [0, 0.05) is 17.8 Å². The number of anilines is 1. The minimum Gasteiger partial charge on any atom is -0.382 e. The lowest BCUT2D eigenvalue weighted by Gasteiger charge is -2.10. The zero-order valence-electron chi connectivity index (χ0n) is 13.7. The number of nitrogens with one attached hydrogen (secondary N) is 1. The fourth-order valence-electron chi connectivity index (χ4n) is 2.81. The maximum absolute atomic E-state index is 6.15. The van der Waals surface area contributed by atoms with Gasteiger partial charge in [0.25, 0.3) is 0 Å². The molecule has 4 rings (SSSR count). The fraction of sp³-hybridized carbons (Fsp3) is 0.235. The molecule has 4 aromatic rings. The molecule has 0 amide bonds. The van der Waals surface area contributed by atoms with Crippen LogP contribution in [0.15, 0.2) is 36.7 Å². The molecule has 0 atom stereocenters. The van der Waals surface area contributed by atoms with Crippen LogP contribution in [-0.2, 0) is 6.54 Å². The number of nitrogens with two attached hydrogens (primary N) is 1. The average Bonchev–Trinajstić information content (AvgIpc) is 3.24. The lowest BCUT2D eigenvalue weighted by molar-refractivity contribution is 0.338. The molecule has 0 fully saturated rings. The van der Waals surface area contributed by atoms with Crippen molar-refractivity contribution in [3.8, 4) is 5.69 Å². The Labute approximate surface area is 139 Å². The number of hydrogen-bond donors (Lipinski definition) is 2. The van der Waals surface area contributed by atoms with Crippen LogP contribution in [0.25, 0.3) is 27.6 Å². The number of pyridine rings is 1. The Morgan fingerprint density at radius 1 is 1.29 bits per heavy atom. The van der Waals surface area contributed by atoms with E-state index in [4.69, 9.17) is 10.7 Å². The molecule has 0 radical (unpaired) electrons. The lowest BCUT2D eigenvalue weighted by Crippen LogP contribution is -2.17. The standard InChI is InChI=1S/C17H19N7/c1-3-23(2)10-14-21-15-12-6-5-11(24-8-4-7-19-24)9-13(12)20-17(18)16(15)22-14/h4-9H,3,10H2,1-2H3,(H2,18,20)(H,21,22). The number of aromatic nitrogens is 5. The predicted molar refractivity (Wildman–Crippen MR) is 94.9 cm³/mol. The summed E-state index contributed by atoms with van der Waals surface area (Å²) in [4.78, 5) is 14.8. The molecule has 3 N–H and O–H groups in total. The van der Waals surface area contributed by atoms with Crippen LogP contribution in [-0.4, -0.2) is 43.2 Å². The molecule has 3 heterocycles. The molecule has 7 nitrogen and oxygen atoms in total. The van der Waals surface area contributed by atoms with Gasteiger partial charge in [-0.25, -0.2) is 14.6 Å². The van der Waals surface area contributed by atoms with Gasteiger partial charge in [0.1, 0.15) is 22.7 Å². The molecule has 0 aliphatic rings. The van der Waals surface area contributed by atoms with Crippen LogP contribution in [0.4, 0.5) is 5.82 Å². The third-order valence-corrected chi connectivity index (χ3v) is 4.21. The summed E-state index contributed by atoms with van der Waals surface area (Å²) in [5.41, 5.74) is 9.57. The van der Waals surface area contributed by atoms with Crippen molar-refractivity contribution >= 4 is 27.8 Å². The van der Waals surface area contributed by atoms with Gasteiger partial charge < -0.3 is 10.7 Å². The van der Waals surface area contributed by atoms with Gasteiger partial charge in [0.15, 0.2) is 0 Å². The van der Waals surface area contributed by atoms with Crippen LogP contribution in [0.3, 0.4) is 0 Å². The highest BCUT2D eigenvalue weighted by Gasteiger charge is 2.13. The molecule has 0 aliphatic carbocycles. The quantitative estimate of drug-likeness (QED) is 0.602. The van der Waals surface area contributed by atoms with E-state index in [0.717, 1.165) is 46.5 Å². The first-order valence-electron chi connectivity index (χ1n) is 7.92. The molecule has 0 spiro atoms. The highest BCUT2D eigenvalue weighted by Crippen LogP contribution is 2.27. The number of aromatic amines is 1. The van der Waals surface area contributed by atoms with Crippen LogP contribution in [0.1, 0.15) is 12.7 Å². The van der Waals surface area contributed by atoms with Gasteiger partial charge in [-0.1, -0.05) is 6.92 Å². The number of nitrogens with zero attached hydrogens (tertiary/aromatic N) is 5. The zero-order valence-corrected chi connectivity index (χ0v) is 13.7. The molecule has 0 bridgehead atoms. The van der Waals surface area contributed by atoms with Crippen LogP contribution in [0.5, 0.6) is 0 Å². The molecular weight excluding hydrogens is 302 g/mol. The minimum atomic E-state index is 0.466. The smallest absolute Gasteiger partial charge is 0.150 e. The SMILES string of the molecule is CCN(C)Cc1nc2c([nH]1)c(N)nc1cc(-n3cccn3)ccc12. The molecule has 1 aromatic carbocycles. The number of hydrogen-bond acceptors (Lipinski definition) is 5. The number of H-pyrrole nitrogens is 1. The number of rotatable bonds is 4. The van der Waals surface area contributed by atoms with Gasteiger partial charge in [0.05, 0.1) is 17.7 Å². The summed E-state index contributed by atoms with van der Waals surface area (Å²) < 4.78 is 1.80. The van der Waals surface area contributed by atoms with Crippen molar-refractivity contribution in [3.05, 3.63) is 42.5 Å². The highest BCUT2D eigenvalue weighted by atomic mass is 15.3. The Morgan fingerprint density at radius 2 is 2.17 bits per heavy atom. The largest absolute Gasteiger partial charge is 0.382 e. The van der Waals surface area contributed by atoms with Crippen molar-refractivity contribution in [2.45, 2.75) is 13.5 Å². The molecule has 24 heavy (non-hydrogen) atoms. The van der Waals surface area contributed by atoms with Crippen molar-refractivity contribution in [3.63, 3.8) is 0 Å². The third kappa shape index (κ3) is 2.39. The van der Waals surface area contributed by atoms with Gasteiger partial charge in [-0.2, -0.15) is 5.10 Å². The summed E-state index contributed by atoms with van der Waals surface area (Å²) in [6, 6.07) is 7.90. The van der Waals surface area contributed by atoms with Gasteiger partial charge in [-0.05, 0) is 37.9 Å². The molecule has 0 unspecified atom stereocenters. The average molecular weight is 321 g/mol. The maximum atomic E-state index is 6.15. The van der Waals surface area contributed by atoms with Crippen LogP contribution < -0.4 is 5.73 Å². The summed E-state index contributed by atoms with van der Waals surface area (Å²) in [5, 5.41) is 5.24. The molecule has 3 aromatic heterocycles. The van der Waals surface area contributed by atoms with Gasteiger partial charge in [-0.15, -0.1) is 0 Å². The zero-order chi connectivity index (χ0) is 16.7. The topological polar surface area (TPSA) is 88.6 Å². The summed E-state index contributed by atoms with van der Waals surface area (Å²) in [6.45, 7) is 3.82. The van der Waals surface area contributed by atoms with Crippen LogP contribution >= 0.6 is 0 Å². The summed E-state index contributed by atoms with van der Waals surface area (Å²) >= 11 is 0. The Bertz CT molecular complexity index is 1000. The molecule has 0 saturated heterocycles. The number of nitrogen functional groups attached to an aromatic ring is 1. The highest BCUT2D eigenvalue weighted by molar-refractivity contribution is 6.06. The Morgan fingerprint density at radius 3 is 2.92 bits per heavy atom. The maximum Gasteiger partial charge on any atom is 0.150 e. The third-order valence-electron chi connectivity index (χ3n) is 4.21. The Kier molecular flexibility index (Phi) is 3.42. The molecular formula is C17H19N7. The first kappa shape index (κ1) is 14.6. The molecule has 7 heteroatoms. The monoisotopic (exact) mass is 321 g/mol. The lowest BCUT2D eigenvalue weighted by atomic mass is 10.1.